The molecule has 3 heterocycles. The highest BCUT2D eigenvalue weighted by atomic mass is 16.6. The summed E-state index contributed by atoms with van der Waals surface area (Å²) in [4.78, 5) is 0. The molecule has 6 heteroatoms. The van der Waals surface area contributed by atoms with Crippen molar-refractivity contribution in [3.8, 4) is 17.2 Å². The summed E-state index contributed by atoms with van der Waals surface area (Å²) in [7, 11) is 0. The van der Waals surface area contributed by atoms with Crippen molar-refractivity contribution in [1.82, 2.24) is 0 Å². The van der Waals surface area contributed by atoms with E-state index in [1.165, 1.54) is 50.1 Å². The van der Waals surface area contributed by atoms with E-state index in [2.05, 4.69) is 84.9 Å². The molecule has 3 aromatic carbocycles. The first-order chi connectivity index (χ1) is 20.7. The first-order valence-corrected chi connectivity index (χ1v) is 15.7. The van der Waals surface area contributed by atoms with E-state index < -0.39 is 0 Å². The minimum atomic E-state index is 0.204. The summed E-state index contributed by atoms with van der Waals surface area (Å²) >= 11 is 0. The minimum Gasteiger partial charge on any atom is -0.490 e. The predicted molar refractivity (Wildman–Crippen MR) is 168 cm³/mol. The molecule has 0 aliphatic carbocycles. The smallest absolute Gasteiger partial charge is 0.125 e. The second kappa shape index (κ2) is 12.5. The Bertz CT molecular complexity index is 1330. The summed E-state index contributed by atoms with van der Waals surface area (Å²) in [6, 6.07) is 13.9. The van der Waals surface area contributed by atoms with E-state index in [4.69, 9.17) is 28.4 Å². The fourth-order valence-corrected chi connectivity index (χ4v) is 6.30. The lowest BCUT2D eigenvalue weighted by molar-refractivity contribution is 0.260. The highest BCUT2D eigenvalue weighted by Crippen LogP contribution is 2.41. The number of aryl methyl sites for hydroxylation is 6. The van der Waals surface area contributed by atoms with Crippen molar-refractivity contribution in [2.24, 2.45) is 0 Å². The lowest BCUT2D eigenvalue weighted by Gasteiger charge is -2.26. The minimum absolute atomic E-state index is 0.204. The van der Waals surface area contributed by atoms with E-state index in [1.54, 1.807) is 0 Å². The molecule has 43 heavy (non-hydrogen) atoms. The van der Waals surface area contributed by atoms with Gasteiger partial charge in [-0.25, -0.2) is 0 Å². The van der Waals surface area contributed by atoms with Crippen LogP contribution in [0.15, 0.2) is 36.4 Å². The van der Waals surface area contributed by atoms with Crippen LogP contribution in [0.25, 0.3) is 0 Å². The molecular weight excluding hydrogens is 540 g/mol. The molecule has 0 N–H and O–H groups in total. The van der Waals surface area contributed by atoms with Crippen molar-refractivity contribution in [2.45, 2.75) is 85.0 Å². The van der Waals surface area contributed by atoms with E-state index in [0.717, 1.165) is 43.5 Å². The SMILES string of the molecule is Cc1cc(C(C)CC(c2cc(C)c(OCC3CO3)c(C)c2)c2cc(C)c(OCC3CO3)c(C)c2)cc(C)c1OCC1CO1. The molecule has 3 saturated heterocycles. The maximum atomic E-state index is 6.19. The van der Waals surface area contributed by atoms with Gasteiger partial charge in [0.2, 0.25) is 0 Å². The molecule has 0 radical (unpaired) electrons. The summed E-state index contributed by atoms with van der Waals surface area (Å²) in [5.74, 6) is 3.47. The average molecular weight is 587 g/mol. The first-order valence-electron chi connectivity index (χ1n) is 15.7. The Labute approximate surface area is 256 Å². The monoisotopic (exact) mass is 586 g/mol. The highest BCUT2D eigenvalue weighted by Gasteiger charge is 2.28. The van der Waals surface area contributed by atoms with Crippen molar-refractivity contribution in [3.05, 3.63) is 86.5 Å². The molecule has 0 saturated carbocycles. The molecule has 3 aromatic rings. The summed E-state index contributed by atoms with van der Waals surface area (Å²) in [5, 5.41) is 0. The maximum Gasteiger partial charge on any atom is 0.125 e. The standard InChI is InChI=1S/C37H46O6/c1-21(28-8-22(2)35(23(3)9-28)41-18-31-15-38-31)14-34(29-10-24(4)36(25(5)11-29)42-19-32-16-39-32)30-12-26(6)37(27(7)13-30)43-20-33-17-40-33/h8-13,21,31-34H,14-20H2,1-7H3. The van der Waals surface area contributed by atoms with Gasteiger partial charge in [-0.3, -0.25) is 0 Å². The van der Waals surface area contributed by atoms with Crippen molar-refractivity contribution in [2.75, 3.05) is 39.6 Å². The Morgan fingerprint density at radius 1 is 0.535 bits per heavy atom. The third-order valence-electron chi connectivity index (χ3n) is 8.86. The van der Waals surface area contributed by atoms with Crippen LogP contribution in [0.1, 0.15) is 75.3 Å². The largest absolute Gasteiger partial charge is 0.490 e. The summed E-state index contributed by atoms with van der Waals surface area (Å²) in [6.07, 6.45) is 1.68. The van der Waals surface area contributed by atoms with Gasteiger partial charge in [-0.05, 0) is 104 Å². The molecule has 4 atom stereocenters. The third-order valence-corrected chi connectivity index (χ3v) is 8.86. The van der Waals surface area contributed by atoms with E-state index in [9.17, 15) is 0 Å². The molecule has 0 aromatic heterocycles. The van der Waals surface area contributed by atoms with Gasteiger partial charge in [0.25, 0.3) is 0 Å². The predicted octanol–water partition coefficient (Wildman–Crippen LogP) is 7.20. The van der Waals surface area contributed by atoms with Crippen LogP contribution in [-0.2, 0) is 14.2 Å². The van der Waals surface area contributed by atoms with Crippen LogP contribution in [0.5, 0.6) is 17.2 Å². The van der Waals surface area contributed by atoms with E-state index in [1.807, 2.05) is 0 Å². The number of rotatable bonds is 14. The van der Waals surface area contributed by atoms with Gasteiger partial charge in [0.15, 0.2) is 0 Å². The Kier molecular flexibility index (Phi) is 8.72. The second-order valence-corrected chi connectivity index (χ2v) is 12.9. The second-order valence-electron chi connectivity index (χ2n) is 12.9. The molecule has 6 nitrogen and oxygen atoms in total. The Hall–Kier alpha value is -3.06. The van der Waals surface area contributed by atoms with Crippen LogP contribution >= 0.6 is 0 Å². The summed E-state index contributed by atoms with van der Waals surface area (Å²) < 4.78 is 34.6. The van der Waals surface area contributed by atoms with Crippen LogP contribution in [-0.4, -0.2) is 58.0 Å². The molecule has 0 bridgehead atoms. The lowest BCUT2D eigenvalue weighted by atomic mass is 9.79. The van der Waals surface area contributed by atoms with Gasteiger partial charge in [-0.1, -0.05) is 43.3 Å². The first kappa shape index (κ1) is 30.0. The highest BCUT2D eigenvalue weighted by molar-refractivity contribution is 5.51. The quantitative estimate of drug-likeness (QED) is 0.186. The van der Waals surface area contributed by atoms with Gasteiger partial charge in [-0.2, -0.15) is 0 Å². The molecule has 4 unspecified atom stereocenters. The van der Waals surface area contributed by atoms with E-state index in [0.29, 0.717) is 25.7 Å². The van der Waals surface area contributed by atoms with Gasteiger partial charge < -0.3 is 28.4 Å². The summed E-state index contributed by atoms with van der Waals surface area (Å²) in [5.41, 5.74) is 11.0. The van der Waals surface area contributed by atoms with Crippen molar-refractivity contribution in [1.29, 1.82) is 0 Å². The van der Waals surface area contributed by atoms with Gasteiger partial charge in [-0.15, -0.1) is 0 Å². The molecule has 3 fully saturated rings. The molecule has 0 spiro atoms. The zero-order valence-electron chi connectivity index (χ0n) is 26.8. The Balaban J connectivity index is 1.30. The van der Waals surface area contributed by atoms with Crippen molar-refractivity contribution >= 4 is 0 Å². The number of epoxide rings is 3. The van der Waals surface area contributed by atoms with Gasteiger partial charge in [0, 0.05) is 5.92 Å². The van der Waals surface area contributed by atoms with Gasteiger partial charge >= 0.3 is 0 Å². The van der Waals surface area contributed by atoms with E-state index in [-0.39, 0.29) is 24.2 Å². The molecule has 3 aliphatic rings. The van der Waals surface area contributed by atoms with Crippen molar-refractivity contribution < 1.29 is 28.4 Å². The molecule has 0 amide bonds. The lowest BCUT2D eigenvalue weighted by Crippen LogP contribution is -2.12. The van der Waals surface area contributed by atoms with Crippen LogP contribution in [0.2, 0.25) is 0 Å². The Morgan fingerprint density at radius 3 is 1.09 bits per heavy atom. The number of benzene rings is 3. The number of hydrogen-bond donors (Lipinski definition) is 0. The maximum absolute atomic E-state index is 6.19. The zero-order valence-corrected chi connectivity index (χ0v) is 26.8. The van der Waals surface area contributed by atoms with Crippen LogP contribution in [0.4, 0.5) is 0 Å². The van der Waals surface area contributed by atoms with Crippen LogP contribution in [0, 0.1) is 41.5 Å². The molecule has 6 rings (SSSR count). The van der Waals surface area contributed by atoms with Crippen molar-refractivity contribution in [3.63, 3.8) is 0 Å². The van der Waals surface area contributed by atoms with Gasteiger partial charge in [0.1, 0.15) is 55.4 Å². The average Bonchev–Trinajstić information content (AvgIpc) is 3.79. The molecule has 230 valence electrons. The molecular formula is C37H46O6. The topological polar surface area (TPSA) is 65.3 Å². The number of ether oxygens (including phenoxy) is 6. The van der Waals surface area contributed by atoms with Gasteiger partial charge in [0.05, 0.1) is 19.8 Å². The number of hydrogen-bond acceptors (Lipinski definition) is 6. The fraction of sp³-hybridized carbons (Fsp3) is 0.514. The third kappa shape index (κ3) is 7.36. The van der Waals surface area contributed by atoms with E-state index >= 15 is 0 Å². The normalized spacial score (nSPS) is 21.7. The van der Waals surface area contributed by atoms with Crippen LogP contribution < -0.4 is 14.2 Å². The molecule has 3 aliphatic heterocycles. The fourth-order valence-electron chi connectivity index (χ4n) is 6.30. The van der Waals surface area contributed by atoms with Crippen LogP contribution in [0.3, 0.4) is 0 Å². The Morgan fingerprint density at radius 2 is 0.814 bits per heavy atom. The zero-order chi connectivity index (χ0) is 30.2. The summed E-state index contributed by atoms with van der Waals surface area (Å²) in [6.45, 7) is 19.5.